The second-order valence-electron chi connectivity index (χ2n) is 4.91. The molecule has 0 atom stereocenters. The van der Waals surface area contributed by atoms with Crippen LogP contribution in [-0.4, -0.2) is 38.1 Å². The number of hydrogen-bond donors (Lipinski definition) is 1. The Morgan fingerprint density at radius 2 is 1.77 bits per heavy atom. The molecule has 13 heavy (non-hydrogen) atoms. The average molecular weight is 182 g/mol. The molecule has 1 spiro atoms. The molecule has 0 aromatic heterocycles. The van der Waals surface area contributed by atoms with E-state index in [2.05, 4.69) is 17.3 Å². The zero-order valence-corrected chi connectivity index (χ0v) is 8.81. The fourth-order valence-corrected chi connectivity index (χ4v) is 2.78. The summed E-state index contributed by atoms with van der Waals surface area (Å²) in [5, 5.41) is 3.52. The van der Waals surface area contributed by atoms with Crippen LogP contribution in [0, 0.1) is 5.41 Å². The maximum Gasteiger partial charge on any atom is -0.00165 e. The minimum absolute atomic E-state index is 0.718. The molecule has 0 aliphatic carbocycles. The summed E-state index contributed by atoms with van der Waals surface area (Å²) in [4.78, 5) is 2.48. The molecule has 2 aliphatic rings. The molecular weight excluding hydrogens is 160 g/mol. The molecule has 1 N–H and O–H groups in total. The van der Waals surface area contributed by atoms with E-state index < -0.39 is 0 Å². The lowest BCUT2D eigenvalue weighted by atomic mass is 9.73. The molecule has 0 aromatic carbocycles. The summed E-state index contributed by atoms with van der Waals surface area (Å²) < 4.78 is 0. The van der Waals surface area contributed by atoms with Gasteiger partial charge >= 0.3 is 0 Å². The van der Waals surface area contributed by atoms with Crippen molar-refractivity contribution in [2.75, 3.05) is 33.2 Å². The highest BCUT2D eigenvalue weighted by molar-refractivity contribution is 4.87. The quantitative estimate of drug-likeness (QED) is 0.610. The SMILES string of the molecule is CN1CCC2(CCCNCC2)CC1. The molecule has 0 aromatic rings. The van der Waals surface area contributed by atoms with Crippen molar-refractivity contribution in [2.24, 2.45) is 5.41 Å². The molecular formula is C11H22N2. The second-order valence-corrected chi connectivity index (χ2v) is 4.91. The standard InChI is InChI=1S/C11H22N2/c1-13-9-5-11(6-10-13)3-2-7-12-8-4-11/h12H,2-10H2,1H3. The molecule has 2 rings (SSSR count). The van der Waals surface area contributed by atoms with Gasteiger partial charge in [0.2, 0.25) is 0 Å². The van der Waals surface area contributed by atoms with Gasteiger partial charge in [-0.15, -0.1) is 0 Å². The Bertz CT molecular complexity index is 149. The maximum atomic E-state index is 3.52. The topological polar surface area (TPSA) is 15.3 Å². The zero-order valence-electron chi connectivity index (χ0n) is 8.81. The first-order valence-corrected chi connectivity index (χ1v) is 5.70. The van der Waals surface area contributed by atoms with Crippen LogP contribution in [0.15, 0.2) is 0 Å². The van der Waals surface area contributed by atoms with Gasteiger partial charge in [0.15, 0.2) is 0 Å². The Morgan fingerprint density at radius 3 is 2.54 bits per heavy atom. The Balaban J connectivity index is 1.93. The smallest absolute Gasteiger partial charge is 0.00165 e. The molecule has 2 heterocycles. The molecule has 0 bridgehead atoms. The first kappa shape index (κ1) is 9.47. The van der Waals surface area contributed by atoms with Gasteiger partial charge in [-0.2, -0.15) is 0 Å². The van der Waals surface area contributed by atoms with Crippen molar-refractivity contribution in [3.8, 4) is 0 Å². The van der Waals surface area contributed by atoms with Crippen LogP contribution in [0.25, 0.3) is 0 Å². The lowest BCUT2D eigenvalue weighted by Gasteiger charge is -2.40. The van der Waals surface area contributed by atoms with Crippen LogP contribution in [0.3, 0.4) is 0 Å². The molecule has 76 valence electrons. The fraction of sp³-hybridized carbons (Fsp3) is 1.00. The highest BCUT2D eigenvalue weighted by Gasteiger charge is 2.33. The van der Waals surface area contributed by atoms with Crippen molar-refractivity contribution in [3.63, 3.8) is 0 Å². The molecule has 2 heteroatoms. The summed E-state index contributed by atoms with van der Waals surface area (Å²) in [5.41, 5.74) is 0.718. The summed E-state index contributed by atoms with van der Waals surface area (Å²) in [6.07, 6.45) is 7.15. The van der Waals surface area contributed by atoms with Gasteiger partial charge in [0.1, 0.15) is 0 Å². The maximum absolute atomic E-state index is 3.52. The van der Waals surface area contributed by atoms with Crippen molar-refractivity contribution in [2.45, 2.75) is 32.1 Å². The Labute approximate surface area is 81.7 Å². The minimum atomic E-state index is 0.718. The van der Waals surface area contributed by atoms with Crippen LogP contribution in [0.5, 0.6) is 0 Å². The Morgan fingerprint density at radius 1 is 1.00 bits per heavy atom. The van der Waals surface area contributed by atoms with E-state index in [4.69, 9.17) is 0 Å². The van der Waals surface area contributed by atoms with E-state index in [1.165, 1.54) is 58.3 Å². The summed E-state index contributed by atoms with van der Waals surface area (Å²) in [5.74, 6) is 0. The van der Waals surface area contributed by atoms with E-state index in [0.717, 1.165) is 5.41 Å². The summed E-state index contributed by atoms with van der Waals surface area (Å²) in [7, 11) is 2.25. The van der Waals surface area contributed by atoms with Gasteiger partial charge in [-0.1, -0.05) is 0 Å². The predicted molar refractivity (Wildman–Crippen MR) is 55.9 cm³/mol. The van der Waals surface area contributed by atoms with E-state index in [-0.39, 0.29) is 0 Å². The van der Waals surface area contributed by atoms with Crippen LogP contribution < -0.4 is 5.32 Å². The van der Waals surface area contributed by atoms with E-state index in [1.807, 2.05) is 0 Å². The lowest BCUT2D eigenvalue weighted by molar-refractivity contribution is 0.108. The molecule has 0 unspecified atom stereocenters. The van der Waals surface area contributed by atoms with Crippen molar-refractivity contribution in [3.05, 3.63) is 0 Å². The summed E-state index contributed by atoms with van der Waals surface area (Å²) >= 11 is 0. The van der Waals surface area contributed by atoms with Crippen LogP contribution in [0.1, 0.15) is 32.1 Å². The third-order valence-electron chi connectivity index (χ3n) is 3.94. The largest absolute Gasteiger partial charge is 0.317 e. The van der Waals surface area contributed by atoms with Gasteiger partial charge in [0, 0.05) is 0 Å². The van der Waals surface area contributed by atoms with Gasteiger partial charge in [0.05, 0.1) is 0 Å². The number of rotatable bonds is 0. The van der Waals surface area contributed by atoms with Gasteiger partial charge < -0.3 is 10.2 Å². The number of hydrogen-bond acceptors (Lipinski definition) is 2. The Hall–Kier alpha value is -0.0800. The van der Waals surface area contributed by atoms with Gasteiger partial charge in [-0.05, 0) is 70.7 Å². The number of nitrogens with zero attached hydrogens (tertiary/aromatic N) is 1. The number of likely N-dealkylation sites (tertiary alicyclic amines) is 1. The Kier molecular flexibility index (Phi) is 2.89. The van der Waals surface area contributed by atoms with Crippen molar-refractivity contribution in [1.29, 1.82) is 0 Å². The van der Waals surface area contributed by atoms with Gasteiger partial charge in [-0.3, -0.25) is 0 Å². The van der Waals surface area contributed by atoms with E-state index in [0.29, 0.717) is 0 Å². The van der Waals surface area contributed by atoms with Crippen LogP contribution in [-0.2, 0) is 0 Å². The molecule has 2 aliphatic heterocycles. The van der Waals surface area contributed by atoms with Crippen molar-refractivity contribution in [1.82, 2.24) is 10.2 Å². The van der Waals surface area contributed by atoms with Gasteiger partial charge in [0.25, 0.3) is 0 Å². The molecule has 2 nitrogen and oxygen atoms in total. The first-order chi connectivity index (χ1) is 6.31. The van der Waals surface area contributed by atoms with Crippen molar-refractivity contribution < 1.29 is 0 Å². The lowest BCUT2D eigenvalue weighted by Crippen LogP contribution is -2.38. The monoisotopic (exact) mass is 182 g/mol. The second kappa shape index (κ2) is 3.97. The minimum Gasteiger partial charge on any atom is -0.317 e. The highest BCUT2D eigenvalue weighted by atomic mass is 15.1. The summed E-state index contributed by atoms with van der Waals surface area (Å²) in [6.45, 7) is 5.14. The number of piperidine rings is 1. The molecule has 0 saturated carbocycles. The third kappa shape index (κ3) is 2.23. The normalized spacial score (nSPS) is 30.2. The van der Waals surface area contributed by atoms with Crippen LogP contribution in [0.2, 0.25) is 0 Å². The van der Waals surface area contributed by atoms with Crippen LogP contribution >= 0.6 is 0 Å². The number of nitrogens with one attached hydrogen (secondary N) is 1. The van der Waals surface area contributed by atoms with Crippen molar-refractivity contribution >= 4 is 0 Å². The van der Waals surface area contributed by atoms with E-state index in [1.54, 1.807) is 0 Å². The summed E-state index contributed by atoms with van der Waals surface area (Å²) in [6, 6.07) is 0. The molecule has 2 saturated heterocycles. The highest BCUT2D eigenvalue weighted by Crippen LogP contribution is 2.39. The zero-order chi connectivity index (χ0) is 9.15. The van der Waals surface area contributed by atoms with Gasteiger partial charge in [-0.25, -0.2) is 0 Å². The molecule has 0 radical (unpaired) electrons. The third-order valence-corrected chi connectivity index (χ3v) is 3.94. The first-order valence-electron chi connectivity index (χ1n) is 5.70. The van der Waals surface area contributed by atoms with Crippen LogP contribution in [0.4, 0.5) is 0 Å². The average Bonchev–Trinajstić information content (AvgIpc) is 2.37. The fourth-order valence-electron chi connectivity index (χ4n) is 2.78. The van der Waals surface area contributed by atoms with E-state index >= 15 is 0 Å². The molecule has 2 fully saturated rings. The predicted octanol–water partition coefficient (Wildman–Crippen LogP) is 1.47. The molecule has 0 amide bonds. The van der Waals surface area contributed by atoms with E-state index in [9.17, 15) is 0 Å².